The van der Waals surface area contributed by atoms with Crippen molar-refractivity contribution in [3.8, 4) is 0 Å². The normalized spacial score (nSPS) is 13.0. The molecule has 5 nitrogen and oxygen atoms in total. The van der Waals surface area contributed by atoms with Crippen LogP contribution in [0, 0.1) is 0 Å². The Morgan fingerprint density at radius 3 is 2.67 bits per heavy atom. The van der Waals surface area contributed by atoms with Gasteiger partial charge in [-0.3, -0.25) is 0 Å². The van der Waals surface area contributed by atoms with E-state index < -0.39 is 27.8 Å². The van der Waals surface area contributed by atoms with Gasteiger partial charge in [0.2, 0.25) is 0 Å². The summed E-state index contributed by atoms with van der Waals surface area (Å²) in [6.07, 6.45) is -0.394. The molecule has 1 unspecified atom stereocenters. The maximum atomic E-state index is 12.1. The summed E-state index contributed by atoms with van der Waals surface area (Å²) in [7, 11) is -4.28. The number of pyridine rings is 1. The van der Waals surface area contributed by atoms with Crippen LogP contribution in [0.1, 0.15) is 11.7 Å². The second kappa shape index (κ2) is 5.88. The van der Waals surface area contributed by atoms with Gasteiger partial charge in [0.25, 0.3) is 0 Å². The number of nitrogens with one attached hydrogen (secondary N) is 1. The molecule has 0 fully saturated rings. The Hall–Kier alpha value is -0.0500. The van der Waals surface area contributed by atoms with E-state index in [1.165, 1.54) is 12.1 Å². The monoisotopic (exact) mass is 242 g/mol. The number of hydrogen-bond acceptors (Lipinski definition) is 4. The van der Waals surface area contributed by atoms with Gasteiger partial charge < -0.3 is 10.2 Å². The van der Waals surface area contributed by atoms with E-state index in [9.17, 15) is 12.8 Å². The Labute approximate surface area is 109 Å². The molecule has 1 heterocycles. The van der Waals surface area contributed by atoms with Gasteiger partial charge in [-0.25, -0.2) is 17.8 Å². The van der Waals surface area contributed by atoms with Crippen LogP contribution in [0.25, 0.3) is 5.14 Å². The minimum absolute atomic E-state index is 0. The Kier molecular flexibility index (Phi) is 5.86. The van der Waals surface area contributed by atoms with Crippen molar-refractivity contribution in [3.63, 3.8) is 0 Å². The molecule has 0 aliphatic heterocycles. The largest absolute Gasteiger partial charge is 1.00 e. The van der Waals surface area contributed by atoms with E-state index in [-0.39, 0.29) is 35.1 Å². The number of halogens is 1. The molecule has 0 bridgehead atoms. The molecule has 1 atom stereocenters. The predicted molar refractivity (Wildman–Crippen MR) is 46.7 cm³/mol. The molecule has 8 heteroatoms. The van der Waals surface area contributed by atoms with Crippen LogP contribution < -0.4 is 29.6 Å². The minimum atomic E-state index is -4.28. The van der Waals surface area contributed by atoms with Gasteiger partial charge in [-0.15, -0.1) is 0 Å². The molecular weight excluding hydrogens is 234 g/mol. The summed E-state index contributed by atoms with van der Waals surface area (Å²) < 4.78 is 33.8. The average Bonchev–Trinajstić information content (AvgIpc) is 2.15. The standard InChI is InChI=1S/C7H8FN2O3S.Na/c8-4-6(11)5-2-1-3-10-7(5)14(9,12)13;/h1-3,6,11H,4H2,(H-,9,12,13);/q-1;+1. The SMILES string of the molecule is [NH-]S(=O)(=O)c1ncccc1C(O)CF.[Na+]. The van der Waals surface area contributed by atoms with Crippen molar-refractivity contribution in [2.24, 2.45) is 0 Å². The van der Waals surface area contributed by atoms with Gasteiger partial charge in [0.05, 0.1) is 0 Å². The van der Waals surface area contributed by atoms with Crippen molar-refractivity contribution in [1.82, 2.24) is 4.98 Å². The van der Waals surface area contributed by atoms with Crippen molar-refractivity contribution in [2.45, 2.75) is 11.1 Å². The van der Waals surface area contributed by atoms with Gasteiger partial charge in [-0.2, -0.15) is 0 Å². The van der Waals surface area contributed by atoms with Crippen LogP contribution in [-0.2, 0) is 10.0 Å². The van der Waals surface area contributed by atoms with Crippen LogP contribution in [0.15, 0.2) is 23.4 Å². The third-order valence-corrected chi connectivity index (χ3v) is 2.41. The Balaban J connectivity index is 0.00000196. The summed E-state index contributed by atoms with van der Waals surface area (Å²) in [6.45, 7) is -1.12. The van der Waals surface area contributed by atoms with E-state index >= 15 is 0 Å². The van der Waals surface area contributed by atoms with E-state index in [1.807, 2.05) is 0 Å². The number of aliphatic hydroxyl groups excluding tert-OH is 1. The van der Waals surface area contributed by atoms with Gasteiger partial charge in [0.1, 0.15) is 27.8 Å². The fourth-order valence-electron chi connectivity index (χ4n) is 0.965. The fourth-order valence-corrected chi connectivity index (χ4v) is 1.68. The summed E-state index contributed by atoms with van der Waals surface area (Å²) in [5, 5.41) is 15.3. The summed E-state index contributed by atoms with van der Waals surface area (Å²) >= 11 is 0. The van der Waals surface area contributed by atoms with Gasteiger partial charge in [0, 0.05) is 11.8 Å². The third kappa shape index (κ3) is 3.78. The molecule has 15 heavy (non-hydrogen) atoms. The van der Waals surface area contributed by atoms with E-state index in [4.69, 9.17) is 10.2 Å². The van der Waals surface area contributed by atoms with E-state index in [0.717, 1.165) is 6.20 Å². The van der Waals surface area contributed by atoms with Crippen LogP contribution in [0.5, 0.6) is 0 Å². The number of nitrogens with zero attached hydrogens (tertiary/aromatic N) is 1. The molecule has 0 aromatic carbocycles. The maximum absolute atomic E-state index is 12.1. The Morgan fingerprint density at radius 1 is 1.60 bits per heavy atom. The predicted octanol–water partition coefficient (Wildman–Crippen LogP) is -2.17. The second-order valence-corrected chi connectivity index (χ2v) is 3.96. The summed E-state index contributed by atoms with van der Waals surface area (Å²) in [6, 6.07) is 2.58. The number of hydrogen-bond donors (Lipinski definition) is 1. The first-order valence-electron chi connectivity index (χ1n) is 3.65. The third-order valence-electron chi connectivity index (χ3n) is 1.56. The minimum Gasteiger partial charge on any atom is -0.558 e. The van der Waals surface area contributed by atoms with Crippen LogP contribution in [0.4, 0.5) is 4.39 Å². The molecular formula is C7H8FN2NaO3S. The topological polar surface area (TPSA) is 91.1 Å². The maximum Gasteiger partial charge on any atom is 1.00 e. The first-order chi connectivity index (χ1) is 6.46. The van der Waals surface area contributed by atoms with Gasteiger partial charge >= 0.3 is 29.6 Å². The molecule has 1 aromatic rings. The molecule has 1 rings (SSSR count). The van der Waals surface area contributed by atoms with Gasteiger partial charge in [0.15, 0.2) is 0 Å². The van der Waals surface area contributed by atoms with E-state index in [0.29, 0.717) is 0 Å². The van der Waals surface area contributed by atoms with Gasteiger partial charge in [-0.1, -0.05) is 6.07 Å². The molecule has 78 valence electrons. The first-order valence-corrected chi connectivity index (χ1v) is 5.13. The molecule has 0 aliphatic rings. The fraction of sp³-hybridized carbons (Fsp3) is 0.286. The van der Waals surface area contributed by atoms with Gasteiger partial charge in [-0.05, 0) is 6.07 Å². The van der Waals surface area contributed by atoms with Crippen LogP contribution in [-0.4, -0.2) is 25.2 Å². The number of aliphatic hydroxyl groups is 1. The molecule has 1 aromatic heterocycles. The quantitative estimate of drug-likeness (QED) is 0.611. The average molecular weight is 242 g/mol. The zero-order valence-corrected chi connectivity index (χ0v) is 10.8. The molecule has 0 amide bonds. The molecule has 0 spiro atoms. The first kappa shape index (κ1) is 14.9. The molecule has 0 saturated heterocycles. The summed E-state index contributed by atoms with van der Waals surface area (Å²) in [5.74, 6) is 0. The Bertz CT molecular complexity index is 426. The zero-order chi connectivity index (χ0) is 10.8. The van der Waals surface area contributed by atoms with Crippen molar-refractivity contribution >= 4 is 10.0 Å². The summed E-state index contributed by atoms with van der Waals surface area (Å²) in [5.41, 5.74) is -0.190. The van der Waals surface area contributed by atoms with Crippen molar-refractivity contribution in [1.29, 1.82) is 0 Å². The number of sulfonamides is 1. The van der Waals surface area contributed by atoms with Crippen molar-refractivity contribution in [2.75, 3.05) is 6.67 Å². The zero-order valence-electron chi connectivity index (χ0n) is 8.01. The smallest absolute Gasteiger partial charge is 0.558 e. The molecule has 2 N–H and O–H groups in total. The molecule has 0 saturated carbocycles. The van der Waals surface area contributed by atoms with E-state index in [2.05, 4.69) is 4.98 Å². The number of alkyl halides is 1. The van der Waals surface area contributed by atoms with Crippen LogP contribution in [0.3, 0.4) is 0 Å². The molecule has 0 aliphatic carbocycles. The number of aromatic nitrogens is 1. The van der Waals surface area contributed by atoms with Crippen molar-refractivity contribution < 1.29 is 47.5 Å². The van der Waals surface area contributed by atoms with Crippen LogP contribution >= 0.6 is 0 Å². The van der Waals surface area contributed by atoms with Crippen LogP contribution in [0.2, 0.25) is 0 Å². The molecule has 0 radical (unpaired) electrons. The second-order valence-electron chi connectivity index (χ2n) is 2.57. The van der Waals surface area contributed by atoms with E-state index in [1.54, 1.807) is 0 Å². The Morgan fingerprint density at radius 2 is 2.20 bits per heavy atom. The number of rotatable bonds is 3. The van der Waals surface area contributed by atoms with Crippen molar-refractivity contribution in [3.05, 3.63) is 29.0 Å². The summed E-state index contributed by atoms with van der Waals surface area (Å²) in [4.78, 5) is 3.42.